The highest BCUT2D eigenvalue weighted by Crippen LogP contribution is 2.18. The van der Waals surface area contributed by atoms with Gasteiger partial charge in [-0.1, -0.05) is 12.1 Å². The Labute approximate surface area is 141 Å². The lowest BCUT2D eigenvalue weighted by Gasteiger charge is -2.17. The molecule has 0 bridgehead atoms. The summed E-state index contributed by atoms with van der Waals surface area (Å²) in [4.78, 5) is 36.9. The predicted octanol–water partition coefficient (Wildman–Crippen LogP) is 1.57. The second-order valence-electron chi connectivity index (χ2n) is 5.30. The molecule has 2 rings (SSSR count). The third-order valence-corrected chi connectivity index (χ3v) is 3.45. The Hall–Kier alpha value is -3.30. The summed E-state index contributed by atoms with van der Waals surface area (Å²) in [5.41, 5.74) is 0.436. The van der Waals surface area contributed by atoms with Crippen molar-refractivity contribution in [1.82, 2.24) is 14.9 Å². The second-order valence-corrected chi connectivity index (χ2v) is 5.30. The van der Waals surface area contributed by atoms with Crippen LogP contribution in [0.4, 0.5) is 10.2 Å². The van der Waals surface area contributed by atoms with E-state index in [0.29, 0.717) is 5.56 Å². The fourth-order valence-corrected chi connectivity index (χ4v) is 2.26. The molecule has 2 N–H and O–H groups in total. The lowest BCUT2D eigenvalue weighted by atomic mass is 10.0. The van der Waals surface area contributed by atoms with Crippen LogP contribution in [0.5, 0.6) is 0 Å². The molecule has 0 aliphatic rings. The van der Waals surface area contributed by atoms with Crippen molar-refractivity contribution in [3.63, 3.8) is 0 Å². The van der Waals surface area contributed by atoms with Gasteiger partial charge in [0.2, 0.25) is 11.7 Å². The number of benzene rings is 1. The van der Waals surface area contributed by atoms with E-state index in [1.54, 1.807) is 0 Å². The molecule has 0 saturated carbocycles. The topological polar surface area (TPSA) is 127 Å². The summed E-state index contributed by atoms with van der Waals surface area (Å²) in [7, 11) is 0. The maximum atomic E-state index is 13.0. The number of hydrogen-bond donors (Lipinski definition) is 2. The van der Waals surface area contributed by atoms with Gasteiger partial charge >= 0.3 is 11.8 Å². The van der Waals surface area contributed by atoms with Gasteiger partial charge in [-0.05, 0) is 27.6 Å². The third kappa shape index (κ3) is 4.83. The fraction of sp³-hybridized carbons (Fsp3) is 0.267. The quantitative estimate of drug-likeness (QED) is 0.576. The maximum Gasteiger partial charge on any atom is 0.381 e. The normalized spacial score (nSPS) is 11.8. The second kappa shape index (κ2) is 7.51. The number of nitrogens with one attached hydrogen (secondary N) is 1. The van der Waals surface area contributed by atoms with Crippen LogP contribution in [0.3, 0.4) is 0 Å². The van der Waals surface area contributed by atoms with Crippen LogP contribution in [0.15, 0.2) is 30.5 Å². The van der Waals surface area contributed by atoms with Crippen molar-refractivity contribution in [3.05, 3.63) is 57.8 Å². The summed E-state index contributed by atoms with van der Waals surface area (Å²) in [6.45, 7) is 1.25. The number of carboxylic acid groups (broad SMARTS) is 1. The molecule has 0 fully saturated rings. The molecule has 1 atom stereocenters. The summed E-state index contributed by atoms with van der Waals surface area (Å²) < 4.78 is 14.3. The number of rotatable bonds is 7. The Kier molecular flexibility index (Phi) is 5.42. The smallest absolute Gasteiger partial charge is 0.381 e. The fourth-order valence-electron chi connectivity index (χ4n) is 2.26. The average Bonchev–Trinajstić information content (AvgIpc) is 2.88. The zero-order valence-electron chi connectivity index (χ0n) is 13.2. The van der Waals surface area contributed by atoms with Gasteiger partial charge in [-0.2, -0.15) is 0 Å². The molecule has 1 heterocycles. The van der Waals surface area contributed by atoms with Crippen LogP contribution in [0.25, 0.3) is 0 Å². The van der Waals surface area contributed by atoms with Crippen molar-refractivity contribution in [2.75, 3.05) is 0 Å². The Morgan fingerprint density at radius 3 is 2.56 bits per heavy atom. The van der Waals surface area contributed by atoms with Gasteiger partial charge in [0.1, 0.15) is 18.6 Å². The van der Waals surface area contributed by atoms with Crippen LogP contribution in [0.2, 0.25) is 0 Å². The molecule has 1 unspecified atom stereocenters. The molecule has 0 aliphatic heterocycles. The first kappa shape index (κ1) is 18.0. The highest BCUT2D eigenvalue weighted by atomic mass is 19.1. The van der Waals surface area contributed by atoms with Crippen molar-refractivity contribution in [2.45, 2.75) is 25.9 Å². The Morgan fingerprint density at radius 2 is 2.04 bits per heavy atom. The number of carbonyl (C=O) groups excluding carboxylic acids is 1. The van der Waals surface area contributed by atoms with Crippen molar-refractivity contribution in [1.29, 1.82) is 0 Å². The van der Waals surface area contributed by atoms with Crippen molar-refractivity contribution >= 4 is 17.7 Å². The number of hydrogen-bond acceptors (Lipinski definition) is 5. The van der Waals surface area contributed by atoms with Crippen LogP contribution in [-0.2, 0) is 16.1 Å². The van der Waals surface area contributed by atoms with Gasteiger partial charge in [0.25, 0.3) is 0 Å². The van der Waals surface area contributed by atoms with Crippen LogP contribution < -0.4 is 5.32 Å². The van der Waals surface area contributed by atoms with E-state index in [-0.39, 0.29) is 24.6 Å². The molecule has 10 heteroatoms. The van der Waals surface area contributed by atoms with Crippen LogP contribution in [0.1, 0.15) is 23.9 Å². The lowest BCUT2D eigenvalue weighted by Crippen LogP contribution is -2.33. The number of aliphatic carboxylic acids is 1. The van der Waals surface area contributed by atoms with E-state index in [1.807, 2.05) is 0 Å². The summed E-state index contributed by atoms with van der Waals surface area (Å²) >= 11 is 0. The zero-order valence-corrected chi connectivity index (χ0v) is 13.2. The standard InChI is InChI=1S/C15H15FN4O5/c1-9-17-13(20(24)25)7-19(9)8-14(21)18-12(6-15(22)23)10-2-4-11(16)5-3-10/h2-5,7,12H,6,8H2,1H3,(H,18,21)(H,22,23). The first-order valence-electron chi connectivity index (χ1n) is 7.21. The zero-order chi connectivity index (χ0) is 18.6. The van der Waals surface area contributed by atoms with Gasteiger partial charge < -0.3 is 20.5 Å². The van der Waals surface area contributed by atoms with Gasteiger partial charge in [-0.25, -0.2) is 4.39 Å². The third-order valence-electron chi connectivity index (χ3n) is 3.45. The summed E-state index contributed by atoms with van der Waals surface area (Å²) in [6, 6.07) is 4.25. The summed E-state index contributed by atoms with van der Waals surface area (Å²) in [5.74, 6) is -2.27. The molecular formula is C15H15FN4O5. The van der Waals surface area contributed by atoms with E-state index >= 15 is 0 Å². The SMILES string of the molecule is Cc1nc([N+](=O)[O-])cn1CC(=O)NC(CC(=O)O)c1ccc(F)cc1. The number of amides is 1. The van der Waals surface area contributed by atoms with Gasteiger partial charge in [0, 0.05) is 6.92 Å². The lowest BCUT2D eigenvalue weighted by molar-refractivity contribution is -0.389. The van der Waals surface area contributed by atoms with Gasteiger partial charge in [-0.15, -0.1) is 0 Å². The summed E-state index contributed by atoms with van der Waals surface area (Å²) in [5, 5.41) is 22.2. The molecule has 1 amide bonds. The number of halogens is 1. The summed E-state index contributed by atoms with van der Waals surface area (Å²) in [6.07, 6.45) is 0.736. The van der Waals surface area contributed by atoms with Gasteiger partial charge in [-0.3, -0.25) is 14.2 Å². The minimum atomic E-state index is -1.14. The van der Waals surface area contributed by atoms with Gasteiger partial charge in [0.05, 0.1) is 12.5 Å². The first-order chi connectivity index (χ1) is 11.8. The molecule has 0 aliphatic carbocycles. The van der Waals surface area contributed by atoms with Crippen LogP contribution in [0, 0.1) is 22.9 Å². The Bertz CT molecular complexity index is 803. The van der Waals surface area contributed by atoms with Crippen molar-refractivity contribution in [3.8, 4) is 0 Å². The molecule has 9 nitrogen and oxygen atoms in total. The molecule has 0 saturated heterocycles. The molecule has 0 spiro atoms. The Balaban J connectivity index is 2.12. The van der Waals surface area contributed by atoms with Gasteiger partial charge in [0.15, 0.2) is 0 Å². The molecule has 0 radical (unpaired) electrons. The van der Waals surface area contributed by atoms with Crippen molar-refractivity contribution < 1.29 is 24.0 Å². The van der Waals surface area contributed by atoms with E-state index in [9.17, 15) is 24.1 Å². The van der Waals surface area contributed by atoms with E-state index in [0.717, 1.165) is 6.20 Å². The van der Waals surface area contributed by atoms with E-state index in [1.165, 1.54) is 35.8 Å². The highest BCUT2D eigenvalue weighted by molar-refractivity contribution is 5.77. The largest absolute Gasteiger partial charge is 0.481 e. The Morgan fingerprint density at radius 1 is 1.40 bits per heavy atom. The molecule has 2 aromatic rings. The number of carboxylic acids is 1. The minimum Gasteiger partial charge on any atom is -0.481 e. The average molecular weight is 350 g/mol. The monoisotopic (exact) mass is 350 g/mol. The molecule has 1 aromatic heterocycles. The van der Waals surface area contributed by atoms with E-state index in [2.05, 4.69) is 10.3 Å². The van der Waals surface area contributed by atoms with E-state index in [4.69, 9.17) is 5.11 Å². The molecule has 132 valence electrons. The maximum absolute atomic E-state index is 13.0. The number of aryl methyl sites for hydroxylation is 1. The van der Waals surface area contributed by atoms with Crippen LogP contribution in [-0.4, -0.2) is 31.5 Å². The number of carbonyl (C=O) groups is 2. The molecular weight excluding hydrogens is 335 g/mol. The number of imidazole rings is 1. The van der Waals surface area contributed by atoms with E-state index < -0.39 is 28.7 Å². The van der Waals surface area contributed by atoms with Crippen molar-refractivity contribution in [2.24, 2.45) is 0 Å². The number of nitrogens with zero attached hydrogens (tertiary/aromatic N) is 3. The number of nitro groups is 1. The minimum absolute atomic E-state index is 0.260. The van der Waals surface area contributed by atoms with Crippen LogP contribution >= 0.6 is 0 Å². The predicted molar refractivity (Wildman–Crippen MR) is 83.2 cm³/mol. The highest BCUT2D eigenvalue weighted by Gasteiger charge is 2.21. The molecule has 1 aromatic carbocycles. The first-order valence-corrected chi connectivity index (χ1v) is 7.21. The number of aromatic nitrogens is 2. The molecule has 25 heavy (non-hydrogen) atoms.